The Kier molecular flexibility index (Phi) is 3.20. The zero-order chi connectivity index (χ0) is 13.3. The van der Waals surface area contributed by atoms with E-state index in [4.69, 9.17) is 11.6 Å². The van der Waals surface area contributed by atoms with Crippen LogP contribution in [-0.2, 0) is 9.59 Å². The summed E-state index contributed by atoms with van der Waals surface area (Å²) in [7, 11) is 0. The second kappa shape index (κ2) is 4.66. The third-order valence-corrected chi connectivity index (χ3v) is 2.89. The minimum atomic E-state index is -1.19. The van der Waals surface area contributed by atoms with Crippen molar-refractivity contribution in [2.45, 2.75) is 12.0 Å². The van der Waals surface area contributed by atoms with Gasteiger partial charge in [-0.25, -0.2) is 4.79 Å². The molecule has 2 atom stereocenters. The van der Waals surface area contributed by atoms with E-state index in [2.05, 4.69) is 5.32 Å². The highest BCUT2D eigenvalue weighted by molar-refractivity contribution is 6.30. The molecule has 0 saturated carbocycles. The van der Waals surface area contributed by atoms with Crippen molar-refractivity contribution < 1.29 is 19.5 Å². The van der Waals surface area contributed by atoms with Gasteiger partial charge in [0.05, 0.1) is 0 Å². The van der Waals surface area contributed by atoms with Gasteiger partial charge >= 0.3 is 12.0 Å². The maximum absolute atomic E-state index is 11.5. The average Bonchev–Trinajstić information content (AvgIpc) is 2.61. The van der Waals surface area contributed by atoms with E-state index in [0.717, 1.165) is 0 Å². The topological polar surface area (TPSA) is 95.5 Å². The lowest BCUT2D eigenvalue weighted by molar-refractivity contribution is -0.141. The van der Waals surface area contributed by atoms with Gasteiger partial charge in [0.15, 0.2) is 0 Å². The Morgan fingerprint density at radius 3 is 2.33 bits per heavy atom. The molecule has 2 rings (SSSR count). The summed E-state index contributed by atoms with van der Waals surface area (Å²) < 4.78 is 0. The van der Waals surface area contributed by atoms with Crippen molar-refractivity contribution in [1.82, 2.24) is 10.6 Å². The molecule has 3 N–H and O–H groups in total. The number of nitrogens with one attached hydrogen (secondary N) is 2. The fraction of sp³-hybridized carbons (Fsp3) is 0.182. The van der Waals surface area contributed by atoms with E-state index in [1.54, 1.807) is 0 Å². The molecule has 1 aliphatic heterocycles. The number of carboxylic acid groups (broad SMARTS) is 1. The normalized spacial score (nSPS) is 20.2. The first-order valence-corrected chi connectivity index (χ1v) is 5.46. The van der Waals surface area contributed by atoms with Crippen molar-refractivity contribution in [2.75, 3.05) is 0 Å². The summed E-state index contributed by atoms with van der Waals surface area (Å²) in [5, 5.41) is 13.9. The van der Waals surface area contributed by atoms with Gasteiger partial charge in [-0.3, -0.25) is 14.9 Å². The Labute approximate surface area is 107 Å². The molecule has 18 heavy (non-hydrogen) atoms. The van der Waals surface area contributed by atoms with Crippen molar-refractivity contribution in [3.05, 3.63) is 34.9 Å². The number of carbonyl (C=O) groups excluding carboxylic acids is 2. The van der Waals surface area contributed by atoms with E-state index in [9.17, 15) is 19.5 Å². The molecular formula is C11H9ClN2O4. The highest BCUT2D eigenvalue weighted by atomic mass is 35.5. The molecule has 0 spiro atoms. The number of halogens is 1. The first-order chi connectivity index (χ1) is 8.49. The Bertz CT molecular complexity index is 514. The number of carboxylic acids is 1. The minimum Gasteiger partial charge on any atom is -0.481 e. The Balaban J connectivity index is 2.34. The molecule has 94 valence electrons. The zero-order valence-electron chi connectivity index (χ0n) is 9.01. The van der Waals surface area contributed by atoms with Crippen molar-refractivity contribution in [3.8, 4) is 0 Å². The molecule has 0 aliphatic carbocycles. The summed E-state index contributed by atoms with van der Waals surface area (Å²) in [6.07, 6.45) is 0. The molecule has 1 fully saturated rings. The second-order valence-electron chi connectivity index (χ2n) is 3.81. The van der Waals surface area contributed by atoms with E-state index >= 15 is 0 Å². The van der Waals surface area contributed by atoms with Crippen LogP contribution in [0.3, 0.4) is 0 Å². The summed E-state index contributed by atoms with van der Waals surface area (Å²) in [4.78, 5) is 33.8. The van der Waals surface area contributed by atoms with Crippen LogP contribution in [0.2, 0.25) is 5.02 Å². The first kappa shape index (κ1) is 12.4. The number of aliphatic carboxylic acids is 1. The predicted molar refractivity (Wildman–Crippen MR) is 62.3 cm³/mol. The van der Waals surface area contributed by atoms with Crippen LogP contribution in [-0.4, -0.2) is 29.1 Å². The number of benzene rings is 1. The van der Waals surface area contributed by atoms with E-state index in [0.29, 0.717) is 10.6 Å². The number of urea groups is 1. The fourth-order valence-electron chi connectivity index (χ4n) is 1.81. The summed E-state index contributed by atoms with van der Waals surface area (Å²) in [6.45, 7) is 0. The van der Waals surface area contributed by atoms with Gasteiger partial charge in [-0.05, 0) is 17.7 Å². The number of amides is 3. The molecular weight excluding hydrogens is 260 g/mol. The standard InChI is InChI=1S/C11H9ClN2O4/c12-6-3-1-5(2-4-6)7(10(16)17)8-9(15)14-11(18)13-8/h1-4,7-8H,(H,16,17)(H2,13,14,15,18)/t7-,8+/m0/s1. The highest BCUT2D eigenvalue weighted by Crippen LogP contribution is 2.23. The van der Waals surface area contributed by atoms with Crippen molar-refractivity contribution >= 4 is 29.5 Å². The van der Waals surface area contributed by atoms with Crippen LogP contribution in [0.15, 0.2) is 24.3 Å². The number of rotatable bonds is 3. The van der Waals surface area contributed by atoms with Gasteiger partial charge in [-0.15, -0.1) is 0 Å². The third-order valence-electron chi connectivity index (χ3n) is 2.63. The molecule has 1 aromatic rings. The fourth-order valence-corrected chi connectivity index (χ4v) is 1.94. The highest BCUT2D eigenvalue weighted by Gasteiger charge is 2.40. The molecule has 6 nitrogen and oxygen atoms in total. The molecule has 3 amide bonds. The molecule has 0 radical (unpaired) electrons. The smallest absolute Gasteiger partial charge is 0.322 e. The summed E-state index contributed by atoms with van der Waals surface area (Å²) in [6, 6.07) is 4.28. The zero-order valence-corrected chi connectivity index (χ0v) is 9.77. The molecule has 0 unspecified atom stereocenters. The van der Waals surface area contributed by atoms with Crippen molar-refractivity contribution in [3.63, 3.8) is 0 Å². The maximum atomic E-state index is 11.5. The summed E-state index contributed by atoms with van der Waals surface area (Å²) in [5.41, 5.74) is 0.397. The molecule has 7 heteroatoms. The monoisotopic (exact) mass is 268 g/mol. The largest absolute Gasteiger partial charge is 0.481 e. The molecule has 0 aromatic heterocycles. The lowest BCUT2D eigenvalue weighted by Crippen LogP contribution is -2.39. The minimum absolute atomic E-state index is 0.397. The number of hydrogen-bond acceptors (Lipinski definition) is 3. The molecule has 0 bridgehead atoms. The number of carbonyl (C=O) groups is 3. The van der Waals surface area contributed by atoms with Crippen molar-refractivity contribution in [2.24, 2.45) is 0 Å². The van der Waals surface area contributed by atoms with E-state index in [1.807, 2.05) is 5.32 Å². The van der Waals surface area contributed by atoms with Gasteiger partial charge in [0.25, 0.3) is 5.91 Å². The van der Waals surface area contributed by atoms with Gasteiger partial charge in [0.1, 0.15) is 12.0 Å². The van der Waals surface area contributed by atoms with Crippen LogP contribution in [0.1, 0.15) is 11.5 Å². The van der Waals surface area contributed by atoms with Gasteiger partial charge in [-0.1, -0.05) is 23.7 Å². The lowest BCUT2D eigenvalue weighted by Gasteiger charge is -2.17. The van der Waals surface area contributed by atoms with Crippen LogP contribution in [0.5, 0.6) is 0 Å². The number of imide groups is 1. The van der Waals surface area contributed by atoms with Gasteiger partial charge in [-0.2, -0.15) is 0 Å². The Morgan fingerprint density at radius 1 is 1.28 bits per heavy atom. The lowest BCUT2D eigenvalue weighted by atomic mass is 9.91. The van der Waals surface area contributed by atoms with Gasteiger partial charge in [0, 0.05) is 5.02 Å². The molecule has 1 aromatic carbocycles. The predicted octanol–water partition coefficient (Wildman–Crippen LogP) is 0.716. The first-order valence-electron chi connectivity index (χ1n) is 5.08. The van der Waals surface area contributed by atoms with Gasteiger partial charge < -0.3 is 10.4 Å². The average molecular weight is 269 g/mol. The van der Waals surface area contributed by atoms with Crippen LogP contribution in [0.4, 0.5) is 4.79 Å². The van der Waals surface area contributed by atoms with Crippen LogP contribution in [0, 0.1) is 0 Å². The Morgan fingerprint density at radius 2 is 1.89 bits per heavy atom. The van der Waals surface area contributed by atoms with E-state index in [1.165, 1.54) is 24.3 Å². The van der Waals surface area contributed by atoms with Crippen molar-refractivity contribution in [1.29, 1.82) is 0 Å². The van der Waals surface area contributed by atoms with Crippen LogP contribution < -0.4 is 10.6 Å². The SMILES string of the molecule is O=C1NC(=O)[C@@H]([C@@H](C(=O)O)c2ccc(Cl)cc2)N1. The molecule has 1 heterocycles. The molecule has 1 saturated heterocycles. The summed E-state index contributed by atoms with van der Waals surface area (Å²) in [5.74, 6) is -2.99. The third kappa shape index (κ3) is 2.28. The Hall–Kier alpha value is -2.08. The van der Waals surface area contributed by atoms with E-state index in [-0.39, 0.29) is 0 Å². The van der Waals surface area contributed by atoms with Gasteiger partial charge in [0.2, 0.25) is 0 Å². The quantitative estimate of drug-likeness (QED) is 0.704. The van der Waals surface area contributed by atoms with Crippen LogP contribution in [0.25, 0.3) is 0 Å². The second-order valence-corrected chi connectivity index (χ2v) is 4.24. The molecule has 1 aliphatic rings. The number of hydrogen-bond donors (Lipinski definition) is 3. The van der Waals surface area contributed by atoms with Crippen LogP contribution >= 0.6 is 11.6 Å². The summed E-state index contributed by atoms with van der Waals surface area (Å²) >= 11 is 5.71. The van der Waals surface area contributed by atoms with E-state index < -0.39 is 29.9 Å². The maximum Gasteiger partial charge on any atom is 0.322 e.